The molecule has 1 saturated heterocycles. The third-order valence-electron chi connectivity index (χ3n) is 2.94. The minimum absolute atomic E-state index is 0.289. The van der Waals surface area contributed by atoms with Gasteiger partial charge in [0.1, 0.15) is 0 Å². The number of nitrogens with zero attached hydrogens (tertiary/aromatic N) is 3. The lowest BCUT2D eigenvalue weighted by Crippen LogP contribution is -2.28. The zero-order valence-corrected chi connectivity index (χ0v) is 8.50. The average molecular weight is 202 g/mol. The fraction of sp³-hybridized carbons (Fsp3) is 0.364. The van der Waals surface area contributed by atoms with E-state index in [0.29, 0.717) is 0 Å². The predicted octanol–water partition coefficient (Wildman–Crippen LogP) is 0.872. The molecule has 1 unspecified atom stereocenters. The summed E-state index contributed by atoms with van der Waals surface area (Å²) in [5, 5.41) is 0. The Labute approximate surface area is 88.3 Å². The summed E-state index contributed by atoms with van der Waals surface area (Å²) in [5.74, 6) is 1.01. The van der Waals surface area contributed by atoms with Crippen LogP contribution in [-0.2, 0) is 0 Å². The van der Waals surface area contributed by atoms with Crippen molar-refractivity contribution in [2.75, 3.05) is 18.0 Å². The van der Waals surface area contributed by atoms with E-state index in [1.165, 1.54) is 5.52 Å². The number of fused-ring (bicyclic) bond motifs is 1. The Balaban J connectivity index is 2.06. The minimum atomic E-state index is 0.289. The summed E-state index contributed by atoms with van der Waals surface area (Å²) in [7, 11) is 0. The van der Waals surface area contributed by atoms with Crippen LogP contribution in [0.15, 0.2) is 30.6 Å². The molecule has 0 radical (unpaired) electrons. The molecule has 2 N–H and O–H groups in total. The lowest BCUT2D eigenvalue weighted by atomic mass is 10.3. The average Bonchev–Trinajstić information content (AvgIpc) is 2.84. The minimum Gasteiger partial charge on any atom is -0.340 e. The summed E-state index contributed by atoms with van der Waals surface area (Å²) in [5.41, 5.74) is 7.08. The van der Waals surface area contributed by atoms with Crippen LogP contribution in [0.5, 0.6) is 0 Å². The van der Waals surface area contributed by atoms with E-state index in [1.54, 1.807) is 0 Å². The zero-order chi connectivity index (χ0) is 10.3. The van der Waals surface area contributed by atoms with Gasteiger partial charge in [0.15, 0.2) is 0 Å². The molecule has 4 nitrogen and oxygen atoms in total. The Bertz CT molecular complexity index is 476. The van der Waals surface area contributed by atoms with Gasteiger partial charge in [0.05, 0.1) is 0 Å². The topological polar surface area (TPSA) is 46.6 Å². The highest BCUT2D eigenvalue weighted by molar-refractivity contribution is 5.53. The van der Waals surface area contributed by atoms with Crippen molar-refractivity contribution in [3.63, 3.8) is 0 Å². The molecule has 78 valence electrons. The van der Waals surface area contributed by atoms with E-state index >= 15 is 0 Å². The molecule has 0 spiro atoms. The Kier molecular flexibility index (Phi) is 1.89. The van der Waals surface area contributed by atoms with E-state index in [4.69, 9.17) is 5.73 Å². The molecule has 15 heavy (non-hydrogen) atoms. The fourth-order valence-corrected chi connectivity index (χ4v) is 2.16. The van der Waals surface area contributed by atoms with Crippen molar-refractivity contribution in [3.05, 3.63) is 30.6 Å². The van der Waals surface area contributed by atoms with Crippen LogP contribution < -0.4 is 10.6 Å². The maximum atomic E-state index is 5.90. The lowest BCUT2D eigenvalue weighted by Gasteiger charge is -2.17. The molecule has 0 amide bonds. The fourth-order valence-electron chi connectivity index (χ4n) is 2.16. The Morgan fingerprint density at radius 3 is 3.13 bits per heavy atom. The molecular formula is C11H14N4. The highest BCUT2D eigenvalue weighted by Gasteiger charge is 2.21. The number of aromatic nitrogens is 2. The molecule has 1 aliphatic rings. The molecule has 4 heteroatoms. The molecule has 0 bridgehead atoms. The Morgan fingerprint density at radius 2 is 2.33 bits per heavy atom. The van der Waals surface area contributed by atoms with Crippen molar-refractivity contribution >= 4 is 11.5 Å². The molecule has 1 atom stereocenters. The van der Waals surface area contributed by atoms with Gasteiger partial charge in [0.25, 0.3) is 0 Å². The van der Waals surface area contributed by atoms with Gasteiger partial charge < -0.3 is 10.6 Å². The van der Waals surface area contributed by atoms with E-state index < -0.39 is 0 Å². The number of hydrogen-bond donors (Lipinski definition) is 1. The largest absolute Gasteiger partial charge is 0.340 e. The first-order chi connectivity index (χ1) is 7.34. The summed E-state index contributed by atoms with van der Waals surface area (Å²) < 4.78 is 2.11. The first-order valence-corrected chi connectivity index (χ1v) is 5.27. The number of rotatable bonds is 1. The maximum Gasteiger partial charge on any atom is 0.210 e. The number of anilines is 1. The Morgan fingerprint density at radius 1 is 1.40 bits per heavy atom. The summed E-state index contributed by atoms with van der Waals surface area (Å²) in [6.07, 6.45) is 4.95. The van der Waals surface area contributed by atoms with E-state index in [-0.39, 0.29) is 6.04 Å². The van der Waals surface area contributed by atoms with Crippen molar-refractivity contribution in [2.24, 2.45) is 5.73 Å². The summed E-state index contributed by atoms with van der Waals surface area (Å²) >= 11 is 0. The summed E-state index contributed by atoms with van der Waals surface area (Å²) in [6.45, 7) is 1.91. The van der Waals surface area contributed by atoms with Crippen molar-refractivity contribution in [3.8, 4) is 0 Å². The van der Waals surface area contributed by atoms with Gasteiger partial charge in [-0.1, -0.05) is 0 Å². The molecule has 1 fully saturated rings. The van der Waals surface area contributed by atoms with Gasteiger partial charge in [-0.15, -0.1) is 0 Å². The van der Waals surface area contributed by atoms with E-state index in [0.717, 1.165) is 25.5 Å². The van der Waals surface area contributed by atoms with Gasteiger partial charge in [0, 0.05) is 37.0 Å². The molecule has 1 aliphatic heterocycles. The monoisotopic (exact) mass is 202 g/mol. The maximum absolute atomic E-state index is 5.90. The van der Waals surface area contributed by atoms with Gasteiger partial charge in [0.2, 0.25) is 5.95 Å². The normalized spacial score (nSPS) is 21.4. The first kappa shape index (κ1) is 8.73. The first-order valence-electron chi connectivity index (χ1n) is 5.27. The van der Waals surface area contributed by atoms with Gasteiger partial charge >= 0.3 is 0 Å². The van der Waals surface area contributed by atoms with Crippen LogP contribution in [0, 0.1) is 0 Å². The highest BCUT2D eigenvalue weighted by atomic mass is 15.3. The van der Waals surface area contributed by atoms with Crippen molar-refractivity contribution < 1.29 is 0 Å². The van der Waals surface area contributed by atoms with Crippen molar-refractivity contribution in [2.45, 2.75) is 12.5 Å². The van der Waals surface area contributed by atoms with Gasteiger partial charge in [-0.2, -0.15) is 0 Å². The zero-order valence-electron chi connectivity index (χ0n) is 8.50. The van der Waals surface area contributed by atoms with Crippen LogP contribution in [0.3, 0.4) is 0 Å². The molecule has 2 aromatic heterocycles. The number of hydrogen-bond acceptors (Lipinski definition) is 3. The molecule has 0 aromatic carbocycles. The Hall–Kier alpha value is -1.55. The highest BCUT2D eigenvalue weighted by Crippen LogP contribution is 2.18. The van der Waals surface area contributed by atoms with Crippen LogP contribution >= 0.6 is 0 Å². The van der Waals surface area contributed by atoms with E-state index in [2.05, 4.69) is 20.4 Å². The second kappa shape index (κ2) is 3.24. The quantitative estimate of drug-likeness (QED) is 0.746. The van der Waals surface area contributed by atoms with Crippen LogP contribution in [0.25, 0.3) is 5.52 Å². The van der Waals surface area contributed by atoms with E-state index in [9.17, 15) is 0 Å². The second-order valence-corrected chi connectivity index (χ2v) is 4.04. The third kappa shape index (κ3) is 1.37. The van der Waals surface area contributed by atoms with Crippen molar-refractivity contribution in [1.82, 2.24) is 9.38 Å². The molecule has 0 aliphatic carbocycles. The van der Waals surface area contributed by atoms with Crippen LogP contribution in [0.4, 0.5) is 5.95 Å². The molecule has 2 aromatic rings. The number of nitrogens with two attached hydrogens (primary N) is 1. The standard InChI is InChI=1S/C11H14N4/c12-9-4-7-14(8-9)11-13-5-3-10-2-1-6-15(10)11/h1-3,5-6,9H,4,7-8,12H2. The lowest BCUT2D eigenvalue weighted by molar-refractivity contribution is 0.749. The molecule has 3 rings (SSSR count). The van der Waals surface area contributed by atoms with Crippen molar-refractivity contribution in [1.29, 1.82) is 0 Å². The molecular weight excluding hydrogens is 188 g/mol. The van der Waals surface area contributed by atoms with Gasteiger partial charge in [-0.05, 0) is 24.6 Å². The van der Waals surface area contributed by atoms with Crippen LogP contribution in [-0.4, -0.2) is 28.5 Å². The smallest absolute Gasteiger partial charge is 0.210 e. The summed E-state index contributed by atoms with van der Waals surface area (Å²) in [4.78, 5) is 6.68. The SMILES string of the molecule is NC1CCN(c2nccc3cccn23)C1. The third-order valence-corrected chi connectivity index (χ3v) is 2.94. The van der Waals surface area contributed by atoms with Crippen LogP contribution in [0.1, 0.15) is 6.42 Å². The predicted molar refractivity (Wildman–Crippen MR) is 60.0 cm³/mol. The summed E-state index contributed by atoms with van der Waals surface area (Å²) in [6, 6.07) is 6.43. The van der Waals surface area contributed by atoms with Gasteiger partial charge in [-0.25, -0.2) is 4.98 Å². The molecule has 0 saturated carbocycles. The van der Waals surface area contributed by atoms with Crippen LogP contribution in [0.2, 0.25) is 0 Å². The van der Waals surface area contributed by atoms with Gasteiger partial charge in [-0.3, -0.25) is 4.40 Å². The van der Waals surface area contributed by atoms with E-state index in [1.807, 2.05) is 24.5 Å². The second-order valence-electron chi connectivity index (χ2n) is 4.04. The molecule has 3 heterocycles.